The fourth-order valence-corrected chi connectivity index (χ4v) is 2.72. The Morgan fingerprint density at radius 1 is 1.12 bits per heavy atom. The van der Waals surface area contributed by atoms with Crippen molar-refractivity contribution in [2.75, 3.05) is 52.5 Å². The number of hydrogen-bond acceptors (Lipinski definition) is 4. The Labute approximate surface area is 112 Å². The highest BCUT2D eigenvalue weighted by atomic mass is 127. The zero-order valence-corrected chi connectivity index (χ0v) is 11.9. The number of rotatable bonds is 4. The number of morpholine rings is 1. The first kappa shape index (κ1) is 13.0. The summed E-state index contributed by atoms with van der Waals surface area (Å²) in [6, 6.07) is 0. The Kier molecular flexibility index (Phi) is 5.78. The third-order valence-electron chi connectivity index (χ3n) is 3.25. The lowest BCUT2D eigenvalue weighted by atomic mass is 10.1. The molecule has 2 rings (SSSR count). The van der Waals surface area contributed by atoms with Crippen LogP contribution in [0.4, 0.5) is 0 Å². The van der Waals surface area contributed by atoms with Crippen LogP contribution in [-0.4, -0.2) is 66.7 Å². The molecule has 0 amide bonds. The van der Waals surface area contributed by atoms with Gasteiger partial charge in [-0.3, -0.25) is 4.90 Å². The van der Waals surface area contributed by atoms with Gasteiger partial charge in [0.2, 0.25) is 0 Å². The summed E-state index contributed by atoms with van der Waals surface area (Å²) in [7, 11) is 0. The van der Waals surface area contributed by atoms with Crippen LogP contribution in [0.1, 0.15) is 12.8 Å². The summed E-state index contributed by atoms with van der Waals surface area (Å²) >= 11 is 2.40. The first-order valence-electron chi connectivity index (χ1n) is 6.17. The lowest BCUT2D eigenvalue weighted by Gasteiger charge is -2.30. The number of ether oxygens (including phenoxy) is 2. The van der Waals surface area contributed by atoms with Gasteiger partial charge in [0.05, 0.1) is 25.9 Å². The van der Waals surface area contributed by atoms with Gasteiger partial charge in [-0.25, -0.2) is 3.11 Å². The molecular weight excluding hydrogens is 319 g/mol. The van der Waals surface area contributed by atoms with Crippen molar-refractivity contribution in [1.29, 1.82) is 0 Å². The maximum absolute atomic E-state index is 5.92. The smallest absolute Gasteiger partial charge is 0.0600 e. The molecule has 16 heavy (non-hydrogen) atoms. The molecule has 2 fully saturated rings. The first-order chi connectivity index (χ1) is 7.84. The normalized spacial score (nSPS) is 26.1. The molecule has 94 valence electrons. The van der Waals surface area contributed by atoms with Crippen LogP contribution in [0.15, 0.2) is 0 Å². The molecule has 2 heterocycles. The first-order valence-corrected chi connectivity index (χ1v) is 7.13. The predicted octanol–water partition coefficient (Wildman–Crippen LogP) is 1.15. The monoisotopic (exact) mass is 340 g/mol. The van der Waals surface area contributed by atoms with E-state index >= 15 is 0 Å². The summed E-state index contributed by atoms with van der Waals surface area (Å²) in [5.41, 5.74) is 0. The number of nitrogens with zero attached hydrogens (tertiary/aromatic N) is 2. The van der Waals surface area contributed by atoms with E-state index in [0.717, 1.165) is 39.5 Å². The molecular formula is C11H21IN2O2. The molecule has 0 aromatic carbocycles. The predicted molar refractivity (Wildman–Crippen MR) is 71.8 cm³/mol. The maximum atomic E-state index is 5.92. The van der Waals surface area contributed by atoms with E-state index in [1.165, 1.54) is 25.9 Å². The molecule has 5 heteroatoms. The molecule has 0 atom stereocenters. The molecule has 0 unspecified atom stereocenters. The van der Waals surface area contributed by atoms with Crippen LogP contribution >= 0.6 is 22.9 Å². The van der Waals surface area contributed by atoms with Gasteiger partial charge in [-0.2, -0.15) is 0 Å². The van der Waals surface area contributed by atoms with Crippen LogP contribution in [0, 0.1) is 0 Å². The Bertz CT molecular complexity index is 192. The van der Waals surface area contributed by atoms with E-state index in [9.17, 15) is 0 Å². The third kappa shape index (κ3) is 4.44. The minimum Gasteiger partial charge on any atom is -0.379 e. The summed E-state index contributed by atoms with van der Waals surface area (Å²) < 4.78 is 13.6. The van der Waals surface area contributed by atoms with Crippen LogP contribution < -0.4 is 0 Å². The van der Waals surface area contributed by atoms with Gasteiger partial charge in [-0.1, -0.05) is 0 Å². The molecule has 4 nitrogen and oxygen atoms in total. The number of hydrogen-bond donors (Lipinski definition) is 0. The minimum absolute atomic E-state index is 0.493. The van der Waals surface area contributed by atoms with E-state index in [2.05, 4.69) is 30.9 Å². The van der Waals surface area contributed by atoms with Crippen molar-refractivity contribution in [1.82, 2.24) is 8.01 Å². The van der Waals surface area contributed by atoms with E-state index < -0.39 is 0 Å². The fraction of sp³-hybridized carbons (Fsp3) is 1.00. The van der Waals surface area contributed by atoms with Gasteiger partial charge in [-0.15, -0.1) is 0 Å². The molecule has 0 spiro atoms. The largest absolute Gasteiger partial charge is 0.379 e. The zero-order chi connectivity index (χ0) is 11.2. The molecule has 2 aliphatic rings. The SMILES string of the molecule is IN1CCC(OCCN2CCOCC2)CC1. The van der Waals surface area contributed by atoms with Crippen LogP contribution in [0.5, 0.6) is 0 Å². The Hall–Kier alpha value is 0.570. The van der Waals surface area contributed by atoms with E-state index in [0.29, 0.717) is 6.10 Å². The highest BCUT2D eigenvalue weighted by Crippen LogP contribution is 2.16. The molecule has 0 aromatic heterocycles. The van der Waals surface area contributed by atoms with Crippen LogP contribution in [0.3, 0.4) is 0 Å². The Morgan fingerprint density at radius 2 is 1.81 bits per heavy atom. The molecule has 0 N–H and O–H groups in total. The maximum Gasteiger partial charge on any atom is 0.0600 e. The summed E-state index contributed by atoms with van der Waals surface area (Å²) in [5, 5.41) is 0. The van der Waals surface area contributed by atoms with Gasteiger partial charge < -0.3 is 9.47 Å². The van der Waals surface area contributed by atoms with Crippen molar-refractivity contribution >= 4 is 22.9 Å². The average Bonchev–Trinajstić information content (AvgIpc) is 2.33. The van der Waals surface area contributed by atoms with E-state index in [4.69, 9.17) is 9.47 Å². The van der Waals surface area contributed by atoms with Crippen molar-refractivity contribution in [2.24, 2.45) is 0 Å². The number of halogens is 1. The van der Waals surface area contributed by atoms with Crippen LogP contribution in [0.25, 0.3) is 0 Å². The molecule has 0 saturated carbocycles. The Balaban J connectivity index is 1.53. The third-order valence-corrected chi connectivity index (χ3v) is 4.22. The average molecular weight is 340 g/mol. The standard InChI is InChI=1S/C11H21IN2O2/c12-14-3-1-11(2-4-14)16-10-7-13-5-8-15-9-6-13/h11H,1-10H2. The number of piperidine rings is 1. The van der Waals surface area contributed by atoms with Gasteiger partial charge in [0.15, 0.2) is 0 Å². The summed E-state index contributed by atoms with van der Waals surface area (Å²) in [6.07, 6.45) is 2.87. The summed E-state index contributed by atoms with van der Waals surface area (Å²) in [5.74, 6) is 0. The molecule has 0 bridgehead atoms. The summed E-state index contributed by atoms with van der Waals surface area (Å²) in [4.78, 5) is 2.43. The van der Waals surface area contributed by atoms with Crippen molar-refractivity contribution in [3.8, 4) is 0 Å². The van der Waals surface area contributed by atoms with Crippen molar-refractivity contribution in [3.05, 3.63) is 0 Å². The quantitative estimate of drug-likeness (QED) is 0.566. The molecule has 2 saturated heterocycles. The van der Waals surface area contributed by atoms with Crippen LogP contribution in [0.2, 0.25) is 0 Å². The highest BCUT2D eigenvalue weighted by molar-refractivity contribution is 14.1. The minimum atomic E-state index is 0.493. The van der Waals surface area contributed by atoms with Crippen LogP contribution in [-0.2, 0) is 9.47 Å². The topological polar surface area (TPSA) is 24.9 Å². The van der Waals surface area contributed by atoms with E-state index in [-0.39, 0.29) is 0 Å². The van der Waals surface area contributed by atoms with E-state index in [1.807, 2.05) is 0 Å². The molecule has 0 aromatic rings. The van der Waals surface area contributed by atoms with Crippen molar-refractivity contribution in [2.45, 2.75) is 18.9 Å². The van der Waals surface area contributed by atoms with Gasteiger partial charge in [0.25, 0.3) is 0 Å². The zero-order valence-electron chi connectivity index (χ0n) is 9.74. The summed E-state index contributed by atoms with van der Waals surface area (Å²) in [6.45, 7) is 8.18. The highest BCUT2D eigenvalue weighted by Gasteiger charge is 2.18. The van der Waals surface area contributed by atoms with Gasteiger partial charge in [0, 0.05) is 55.6 Å². The Morgan fingerprint density at radius 3 is 2.50 bits per heavy atom. The fourth-order valence-electron chi connectivity index (χ4n) is 2.16. The second-order valence-corrected chi connectivity index (χ2v) is 5.80. The second-order valence-electron chi connectivity index (χ2n) is 4.43. The molecule has 0 radical (unpaired) electrons. The molecule has 0 aliphatic carbocycles. The van der Waals surface area contributed by atoms with E-state index in [1.54, 1.807) is 0 Å². The van der Waals surface area contributed by atoms with Gasteiger partial charge in [-0.05, 0) is 12.8 Å². The van der Waals surface area contributed by atoms with Gasteiger partial charge in [0.1, 0.15) is 0 Å². The van der Waals surface area contributed by atoms with Crippen molar-refractivity contribution < 1.29 is 9.47 Å². The lowest BCUT2D eigenvalue weighted by Crippen LogP contribution is -2.39. The second kappa shape index (κ2) is 7.10. The molecule has 2 aliphatic heterocycles. The van der Waals surface area contributed by atoms with Gasteiger partial charge >= 0.3 is 0 Å². The lowest BCUT2D eigenvalue weighted by molar-refractivity contribution is -0.00983. The van der Waals surface area contributed by atoms with Crippen molar-refractivity contribution in [3.63, 3.8) is 0 Å².